The van der Waals surface area contributed by atoms with Crippen molar-refractivity contribution in [1.82, 2.24) is 13.7 Å². The zero-order valence-electron chi connectivity index (χ0n) is 31.0. The Balaban J connectivity index is 1.07. The van der Waals surface area contributed by atoms with E-state index in [0.29, 0.717) is 0 Å². The molecule has 12 aromatic rings. The van der Waals surface area contributed by atoms with Crippen LogP contribution >= 0.6 is 0 Å². The zero-order valence-corrected chi connectivity index (χ0v) is 31.0. The first-order valence-corrected chi connectivity index (χ1v) is 19.6. The summed E-state index contributed by atoms with van der Waals surface area (Å²) < 4.78 is 7.27. The van der Waals surface area contributed by atoms with Crippen molar-refractivity contribution in [1.29, 1.82) is 0 Å². The average Bonchev–Trinajstić information content (AvgIpc) is 3.92. The quantitative estimate of drug-likeness (QED) is 0.168. The van der Waals surface area contributed by atoms with Gasteiger partial charge >= 0.3 is 0 Å². The fraction of sp³-hybridized carbons (Fsp3) is 0. The van der Waals surface area contributed by atoms with Gasteiger partial charge in [0, 0.05) is 49.4 Å². The smallest absolute Gasteiger partial charge is 0.0541 e. The maximum Gasteiger partial charge on any atom is 0.0541 e. The lowest BCUT2D eigenvalue weighted by atomic mass is 10.0. The molecule has 0 bridgehead atoms. The van der Waals surface area contributed by atoms with E-state index in [1.165, 1.54) is 87.7 Å². The third-order valence-corrected chi connectivity index (χ3v) is 11.8. The lowest BCUT2D eigenvalue weighted by Gasteiger charge is -2.16. The third-order valence-electron chi connectivity index (χ3n) is 11.8. The van der Waals surface area contributed by atoms with E-state index in [9.17, 15) is 0 Å². The fourth-order valence-corrected chi connectivity index (χ4v) is 9.31. The molecule has 0 aliphatic rings. The van der Waals surface area contributed by atoms with E-state index in [1.54, 1.807) is 0 Å². The molecule has 0 saturated heterocycles. The molecule has 3 aromatic heterocycles. The fourth-order valence-electron chi connectivity index (χ4n) is 9.31. The number of aromatic nitrogens is 3. The zero-order chi connectivity index (χ0) is 37.5. The highest BCUT2D eigenvalue weighted by molar-refractivity contribution is 6.12. The predicted octanol–water partition coefficient (Wildman–Crippen LogP) is 14.3. The highest BCUT2D eigenvalue weighted by atomic mass is 15.0. The molecule has 0 aliphatic carbocycles. The Bertz CT molecular complexity index is 3420. The van der Waals surface area contributed by atoms with E-state index in [4.69, 9.17) is 0 Å². The normalized spacial score (nSPS) is 11.9. The molecule has 0 spiro atoms. The summed E-state index contributed by atoms with van der Waals surface area (Å²) in [5.74, 6) is 0. The summed E-state index contributed by atoms with van der Waals surface area (Å²) in [5.41, 5.74) is 15.3. The average molecular weight is 726 g/mol. The van der Waals surface area contributed by atoms with E-state index < -0.39 is 0 Å². The maximum absolute atomic E-state index is 2.45. The predicted molar refractivity (Wildman–Crippen MR) is 240 cm³/mol. The van der Waals surface area contributed by atoms with Crippen LogP contribution in [0.2, 0.25) is 0 Å². The Morgan fingerprint density at radius 2 is 0.561 bits per heavy atom. The summed E-state index contributed by atoms with van der Waals surface area (Å²) in [4.78, 5) is 0. The highest BCUT2D eigenvalue weighted by Crippen LogP contribution is 2.40. The summed E-state index contributed by atoms with van der Waals surface area (Å²) in [6, 6.07) is 77.5. The van der Waals surface area contributed by atoms with E-state index in [-0.39, 0.29) is 0 Å². The van der Waals surface area contributed by atoms with E-state index in [1.807, 2.05) is 0 Å². The number of fused-ring (bicyclic) bond motifs is 9. The molecule has 3 nitrogen and oxygen atoms in total. The SMILES string of the molecule is c1ccc(-c2cc(-n3c4ccccc4c4ccccc43)cc(-n3c4ccccc4c4cc(-c5cccc(-n6c7ccccc7c7ccccc76)c5)ccc43)c2)cc1. The van der Waals surface area contributed by atoms with Crippen molar-refractivity contribution < 1.29 is 0 Å². The molecule has 3 heteroatoms. The van der Waals surface area contributed by atoms with Gasteiger partial charge in [-0.05, 0) is 95.1 Å². The third kappa shape index (κ3) is 4.86. The molecule has 0 N–H and O–H groups in total. The van der Waals surface area contributed by atoms with Crippen LogP contribution in [-0.4, -0.2) is 13.7 Å². The van der Waals surface area contributed by atoms with Crippen molar-refractivity contribution in [2.24, 2.45) is 0 Å². The monoisotopic (exact) mass is 725 g/mol. The van der Waals surface area contributed by atoms with Gasteiger partial charge in [0.15, 0.2) is 0 Å². The molecule has 0 aliphatic heterocycles. The van der Waals surface area contributed by atoms with Crippen LogP contribution in [0.4, 0.5) is 0 Å². The largest absolute Gasteiger partial charge is 0.309 e. The second kappa shape index (κ2) is 12.5. The van der Waals surface area contributed by atoms with E-state index >= 15 is 0 Å². The van der Waals surface area contributed by atoms with Gasteiger partial charge in [0.1, 0.15) is 0 Å². The first kappa shape index (κ1) is 31.7. The lowest BCUT2D eigenvalue weighted by molar-refractivity contribution is 1.13. The molecule has 9 aromatic carbocycles. The van der Waals surface area contributed by atoms with Gasteiger partial charge in [-0.2, -0.15) is 0 Å². The van der Waals surface area contributed by atoms with Crippen LogP contribution in [0.5, 0.6) is 0 Å². The Kier molecular flexibility index (Phi) is 6.93. The molecule has 0 fully saturated rings. The standard InChI is InChI=1S/C54H35N3/c1-2-15-36(16-3-1)39-32-41(56-51-26-11-6-21-45(51)46-22-7-12-27-52(46)56)35-42(33-39)57-53-28-13-8-23-47(53)48-34-38(29-30-54(48)57)37-17-14-18-40(31-37)55-49-24-9-4-19-43(49)44-20-5-10-25-50(44)55/h1-35H. The van der Waals surface area contributed by atoms with Crippen molar-refractivity contribution in [2.75, 3.05) is 0 Å². The van der Waals surface area contributed by atoms with Crippen LogP contribution in [-0.2, 0) is 0 Å². The first-order valence-electron chi connectivity index (χ1n) is 19.6. The van der Waals surface area contributed by atoms with Gasteiger partial charge in [0.25, 0.3) is 0 Å². The van der Waals surface area contributed by atoms with Crippen molar-refractivity contribution >= 4 is 65.4 Å². The Morgan fingerprint density at radius 3 is 1.07 bits per heavy atom. The minimum atomic E-state index is 1.13. The molecule has 3 heterocycles. The number of nitrogens with zero attached hydrogens (tertiary/aromatic N) is 3. The van der Waals surface area contributed by atoms with Gasteiger partial charge in [-0.25, -0.2) is 0 Å². The van der Waals surface area contributed by atoms with Gasteiger partial charge in [0.2, 0.25) is 0 Å². The second-order valence-electron chi connectivity index (χ2n) is 15.0. The van der Waals surface area contributed by atoms with Gasteiger partial charge in [-0.1, -0.05) is 140 Å². The number of para-hydroxylation sites is 5. The molecular weight excluding hydrogens is 691 g/mol. The second-order valence-corrected chi connectivity index (χ2v) is 15.0. The summed E-state index contributed by atoms with van der Waals surface area (Å²) in [6.07, 6.45) is 0. The molecular formula is C54H35N3. The summed E-state index contributed by atoms with van der Waals surface area (Å²) >= 11 is 0. The first-order chi connectivity index (χ1) is 28.3. The minimum absolute atomic E-state index is 1.13. The van der Waals surface area contributed by atoms with Crippen molar-refractivity contribution in [3.05, 3.63) is 212 Å². The summed E-state index contributed by atoms with van der Waals surface area (Å²) in [6.45, 7) is 0. The van der Waals surface area contributed by atoms with Gasteiger partial charge in [0.05, 0.1) is 33.1 Å². The Morgan fingerprint density at radius 1 is 0.193 bits per heavy atom. The number of hydrogen-bond donors (Lipinski definition) is 0. The van der Waals surface area contributed by atoms with Crippen molar-refractivity contribution in [3.63, 3.8) is 0 Å². The van der Waals surface area contributed by atoms with Crippen molar-refractivity contribution in [2.45, 2.75) is 0 Å². The van der Waals surface area contributed by atoms with Gasteiger partial charge in [-0.3, -0.25) is 0 Å². The molecule has 57 heavy (non-hydrogen) atoms. The summed E-state index contributed by atoms with van der Waals surface area (Å²) in [7, 11) is 0. The van der Waals surface area contributed by atoms with Gasteiger partial charge < -0.3 is 13.7 Å². The number of benzene rings is 9. The highest BCUT2D eigenvalue weighted by Gasteiger charge is 2.18. The van der Waals surface area contributed by atoms with Crippen LogP contribution in [0.25, 0.3) is 105 Å². The van der Waals surface area contributed by atoms with Crippen LogP contribution in [0.3, 0.4) is 0 Å². The number of rotatable bonds is 5. The molecule has 12 rings (SSSR count). The van der Waals surface area contributed by atoms with Crippen molar-refractivity contribution in [3.8, 4) is 39.3 Å². The van der Waals surface area contributed by atoms with Crippen LogP contribution < -0.4 is 0 Å². The molecule has 266 valence electrons. The van der Waals surface area contributed by atoms with E-state index in [0.717, 1.165) is 17.1 Å². The Labute approximate surface area is 329 Å². The minimum Gasteiger partial charge on any atom is -0.309 e. The molecule has 0 unspecified atom stereocenters. The molecule has 0 radical (unpaired) electrons. The maximum atomic E-state index is 2.45. The van der Waals surface area contributed by atoms with Crippen LogP contribution in [0.15, 0.2) is 212 Å². The Hall–Kier alpha value is -7.62. The summed E-state index contributed by atoms with van der Waals surface area (Å²) in [5, 5.41) is 7.51. The van der Waals surface area contributed by atoms with E-state index in [2.05, 4.69) is 226 Å². The lowest BCUT2D eigenvalue weighted by Crippen LogP contribution is -2.00. The van der Waals surface area contributed by atoms with Crippen LogP contribution in [0.1, 0.15) is 0 Å². The molecule has 0 amide bonds. The van der Waals surface area contributed by atoms with Gasteiger partial charge in [-0.15, -0.1) is 0 Å². The molecule has 0 atom stereocenters. The topological polar surface area (TPSA) is 14.8 Å². The number of hydrogen-bond acceptors (Lipinski definition) is 0. The molecule has 0 saturated carbocycles. The van der Waals surface area contributed by atoms with Crippen LogP contribution in [0, 0.1) is 0 Å².